The van der Waals surface area contributed by atoms with E-state index >= 15 is 0 Å². The van der Waals surface area contributed by atoms with E-state index in [0.717, 1.165) is 95.6 Å². The molecule has 3 amide bonds. The van der Waals surface area contributed by atoms with Gasteiger partial charge in [-0.3, -0.25) is 24.9 Å². The van der Waals surface area contributed by atoms with E-state index < -0.39 is 6.09 Å². The fourth-order valence-corrected chi connectivity index (χ4v) is 8.36. The minimum atomic E-state index is -0.523. The van der Waals surface area contributed by atoms with Crippen LogP contribution in [0.4, 0.5) is 16.2 Å². The van der Waals surface area contributed by atoms with Gasteiger partial charge in [-0.1, -0.05) is 62.6 Å². The molecule has 0 saturated heterocycles. The minimum absolute atomic E-state index is 0.173. The summed E-state index contributed by atoms with van der Waals surface area (Å²) < 4.78 is 15.9. The fraction of sp³-hybridized carbons (Fsp3) is 0.370. The number of nitrogens with one attached hydrogen (secondary N) is 2. The quantitative estimate of drug-likeness (QED) is 0.0892. The van der Waals surface area contributed by atoms with E-state index in [1.807, 2.05) is 68.2 Å². The van der Waals surface area contributed by atoms with Gasteiger partial charge in [-0.2, -0.15) is 10.2 Å². The minimum Gasteiger partial charge on any atom is -0.496 e. The number of aliphatic imine (C=N–C) groups is 1. The molecule has 0 bridgehead atoms. The summed E-state index contributed by atoms with van der Waals surface area (Å²) in [6.45, 7) is 14.2. The van der Waals surface area contributed by atoms with E-state index in [2.05, 4.69) is 45.5 Å². The number of allylic oxidation sites excluding steroid dienone is 1. The largest absolute Gasteiger partial charge is 0.496 e. The number of carbonyl (C=O) groups is 3. The Morgan fingerprint density at radius 2 is 1.36 bits per heavy atom. The van der Waals surface area contributed by atoms with Gasteiger partial charge in [0.1, 0.15) is 11.5 Å². The lowest BCUT2D eigenvalue weighted by Crippen LogP contribution is -2.32. The number of nitrogens with zero attached hydrogens (tertiary/aromatic N) is 5. The van der Waals surface area contributed by atoms with Gasteiger partial charge in [-0.05, 0) is 149 Å². The number of hydrazone groups is 2. The Hall–Kier alpha value is -7.02. The smallest absolute Gasteiger partial charge is 0.411 e. The van der Waals surface area contributed by atoms with Gasteiger partial charge in [0.05, 0.1) is 43.5 Å². The van der Waals surface area contributed by atoms with E-state index in [1.54, 1.807) is 57.7 Å². The average molecular weight is 908 g/mol. The second-order valence-corrected chi connectivity index (χ2v) is 16.7. The molecule has 352 valence electrons. The molecule has 2 heterocycles. The van der Waals surface area contributed by atoms with E-state index in [4.69, 9.17) is 19.3 Å². The summed E-state index contributed by atoms with van der Waals surface area (Å²) >= 11 is 0. The van der Waals surface area contributed by atoms with Crippen LogP contribution in [0.25, 0.3) is 5.70 Å². The van der Waals surface area contributed by atoms with Crippen LogP contribution in [0.1, 0.15) is 110 Å². The van der Waals surface area contributed by atoms with Crippen LogP contribution in [-0.2, 0) is 16.0 Å². The van der Waals surface area contributed by atoms with Crippen LogP contribution >= 0.6 is 0 Å². The van der Waals surface area contributed by atoms with Crippen molar-refractivity contribution in [2.45, 2.75) is 85.5 Å². The SMILES string of the molecule is C=C(c1ccc(NC(=O)/C(C=NCC)=C/C)cc1)N1CCCC(c2ccc(OC)c(CC3CCCC3)c2)=N1.CCOC(=O)Nc1ccc(C(=O)N2CCCC(c3ccc(C)c(OC)c3)=N2)cc1. The summed E-state index contributed by atoms with van der Waals surface area (Å²) in [6.07, 6.45) is 12.8. The van der Waals surface area contributed by atoms with Crippen molar-refractivity contribution in [1.82, 2.24) is 10.0 Å². The molecule has 13 nitrogen and oxygen atoms in total. The molecular formula is C54H65N7O6. The lowest BCUT2D eigenvalue weighted by Gasteiger charge is -2.27. The molecule has 13 heteroatoms. The first-order valence-corrected chi connectivity index (χ1v) is 23.4. The molecule has 4 aromatic carbocycles. The van der Waals surface area contributed by atoms with Crippen molar-refractivity contribution in [3.05, 3.63) is 137 Å². The van der Waals surface area contributed by atoms with Gasteiger partial charge < -0.3 is 19.5 Å². The van der Waals surface area contributed by atoms with E-state index in [9.17, 15) is 14.4 Å². The van der Waals surface area contributed by atoms with Gasteiger partial charge in [0.2, 0.25) is 0 Å². The molecule has 67 heavy (non-hydrogen) atoms. The highest BCUT2D eigenvalue weighted by Crippen LogP contribution is 2.33. The number of hydrogen-bond acceptors (Lipinski definition) is 10. The molecule has 2 N–H and O–H groups in total. The van der Waals surface area contributed by atoms with E-state index in [-0.39, 0.29) is 11.8 Å². The molecular weight excluding hydrogens is 843 g/mol. The summed E-state index contributed by atoms with van der Waals surface area (Å²) in [4.78, 5) is 41.0. The summed E-state index contributed by atoms with van der Waals surface area (Å²) in [7, 11) is 3.40. The number of carbonyl (C=O) groups excluding carboxylic acids is 3. The number of hydrogen-bond donors (Lipinski definition) is 2. The molecule has 0 aromatic heterocycles. The third kappa shape index (κ3) is 13.5. The zero-order valence-electron chi connectivity index (χ0n) is 39.9. The van der Waals surface area contributed by atoms with E-state index in [1.165, 1.54) is 41.8 Å². The lowest BCUT2D eigenvalue weighted by atomic mass is 9.94. The summed E-state index contributed by atoms with van der Waals surface area (Å²) in [5.74, 6) is 2.19. The molecule has 7 rings (SSSR count). The maximum Gasteiger partial charge on any atom is 0.411 e. The first-order valence-electron chi connectivity index (χ1n) is 23.4. The van der Waals surface area contributed by atoms with E-state index in [0.29, 0.717) is 36.5 Å². The third-order valence-corrected chi connectivity index (χ3v) is 12.0. The number of amides is 3. The van der Waals surface area contributed by atoms with Crippen LogP contribution in [0.3, 0.4) is 0 Å². The maximum atomic E-state index is 12.9. The lowest BCUT2D eigenvalue weighted by molar-refractivity contribution is -0.112. The van der Waals surface area contributed by atoms with Crippen LogP contribution in [0.2, 0.25) is 0 Å². The topological polar surface area (TPSA) is 147 Å². The Morgan fingerprint density at radius 3 is 1.99 bits per heavy atom. The van der Waals surface area contributed by atoms with Crippen molar-refractivity contribution in [1.29, 1.82) is 0 Å². The predicted octanol–water partition coefficient (Wildman–Crippen LogP) is 11.1. The molecule has 0 unspecified atom stereocenters. The zero-order chi connectivity index (χ0) is 47.7. The normalized spacial score (nSPS) is 15.2. The monoisotopic (exact) mass is 907 g/mol. The molecule has 3 aliphatic rings. The van der Waals surface area contributed by atoms with Crippen molar-refractivity contribution in [3.8, 4) is 11.5 Å². The number of benzene rings is 4. The Labute approximate surface area is 395 Å². The van der Waals surface area contributed by atoms with Gasteiger partial charge >= 0.3 is 6.09 Å². The summed E-state index contributed by atoms with van der Waals surface area (Å²) in [6, 6.07) is 26.9. The highest BCUT2D eigenvalue weighted by molar-refractivity contribution is 6.17. The molecule has 1 saturated carbocycles. The average Bonchev–Trinajstić information content (AvgIpc) is 3.88. The maximum absolute atomic E-state index is 12.9. The molecule has 1 aliphatic carbocycles. The Kier molecular flexibility index (Phi) is 18.1. The number of methoxy groups -OCH3 is 2. The second kappa shape index (κ2) is 24.5. The molecule has 0 spiro atoms. The van der Waals surface area contributed by atoms with Crippen LogP contribution < -0.4 is 20.1 Å². The molecule has 0 atom stereocenters. The molecule has 0 radical (unpaired) electrons. The number of rotatable bonds is 15. The first kappa shape index (κ1) is 49.4. The van der Waals surface area contributed by atoms with Gasteiger partial charge in [-0.25, -0.2) is 9.80 Å². The highest BCUT2D eigenvalue weighted by Gasteiger charge is 2.23. The van der Waals surface area contributed by atoms with Crippen LogP contribution in [0.15, 0.2) is 118 Å². The molecule has 2 aliphatic heterocycles. The van der Waals surface area contributed by atoms with Crippen molar-refractivity contribution >= 4 is 52.6 Å². The van der Waals surface area contributed by atoms with Crippen molar-refractivity contribution in [2.24, 2.45) is 21.1 Å². The van der Waals surface area contributed by atoms with Crippen molar-refractivity contribution < 1.29 is 28.6 Å². The van der Waals surface area contributed by atoms with Crippen LogP contribution in [0, 0.1) is 12.8 Å². The Balaban J connectivity index is 0.000000229. The number of ether oxygens (including phenoxy) is 3. The van der Waals surface area contributed by atoms with Gasteiger partial charge in [0.15, 0.2) is 0 Å². The first-order chi connectivity index (χ1) is 32.5. The fourth-order valence-electron chi connectivity index (χ4n) is 8.36. The molecule has 1 fully saturated rings. The Bertz CT molecular complexity index is 2490. The molecule has 4 aromatic rings. The third-order valence-electron chi connectivity index (χ3n) is 12.0. The zero-order valence-corrected chi connectivity index (χ0v) is 39.9. The Morgan fingerprint density at radius 1 is 0.761 bits per heavy atom. The van der Waals surface area contributed by atoms with Crippen molar-refractivity contribution in [3.63, 3.8) is 0 Å². The predicted molar refractivity (Wildman–Crippen MR) is 270 cm³/mol. The number of aryl methyl sites for hydroxylation is 1. The van der Waals surface area contributed by atoms with Gasteiger partial charge in [0, 0.05) is 48.4 Å². The summed E-state index contributed by atoms with van der Waals surface area (Å²) in [5.41, 5.74) is 10.6. The van der Waals surface area contributed by atoms with Crippen LogP contribution in [0.5, 0.6) is 11.5 Å². The summed E-state index contributed by atoms with van der Waals surface area (Å²) in [5, 5.41) is 18.6. The van der Waals surface area contributed by atoms with Crippen molar-refractivity contribution in [2.75, 3.05) is 51.1 Å². The van der Waals surface area contributed by atoms with Crippen LogP contribution in [-0.4, -0.2) is 86.0 Å². The van der Waals surface area contributed by atoms with Gasteiger partial charge in [0.25, 0.3) is 11.8 Å². The second-order valence-electron chi connectivity index (χ2n) is 16.7. The van der Waals surface area contributed by atoms with Gasteiger partial charge in [-0.15, -0.1) is 0 Å². The standard InChI is InChI=1S/C32H40N4O2.C22H25N3O4/c1-5-25(22-33-6-2)32(37)34-29-16-13-26(14-17-29)23(3)36-19-9-12-30(35-36)27-15-18-31(38-4)28(21-27)20-24-10-7-8-11-24;1-4-29-22(27)23-18-11-9-16(10-12-18)21(26)25-13-5-6-19(24-25)17-8-7-15(2)20(14-17)28-3/h5,13-18,21-22,24H,3,6-12,19-20H2,1-2,4H3,(H,34,37);7-12,14H,4-6,13H2,1-3H3,(H,23,27)/b25-5+,33-22?;. The highest BCUT2D eigenvalue weighted by atomic mass is 16.5. The number of anilines is 2.